The van der Waals surface area contributed by atoms with Crippen molar-refractivity contribution >= 4 is 68.4 Å². The summed E-state index contributed by atoms with van der Waals surface area (Å²) in [6, 6.07) is 44.1. The highest BCUT2D eigenvalue weighted by molar-refractivity contribution is 7.83. The zero-order valence-electron chi connectivity index (χ0n) is 24.0. The SMILES string of the molecule is C=N/C(=C/S)C(=C)C(=N)c1cccc(-c2cccc3ccccc23)c1.Cn1c2ccccc2c2c3ccccc3ccc21. The van der Waals surface area contributed by atoms with Crippen LogP contribution in [0.15, 0.2) is 156 Å². The minimum Gasteiger partial charge on any atom is -0.344 e. The number of aryl methyl sites for hydroxylation is 1. The molecule has 0 saturated carbocycles. The van der Waals surface area contributed by atoms with Crippen molar-refractivity contribution in [3.05, 3.63) is 156 Å². The van der Waals surface area contributed by atoms with Gasteiger partial charge in [0.1, 0.15) is 0 Å². The van der Waals surface area contributed by atoms with Crippen molar-refractivity contribution in [2.24, 2.45) is 12.0 Å². The van der Waals surface area contributed by atoms with E-state index in [-0.39, 0.29) is 0 Å². The molecule has 0 amide bonds. The molecule has 1 N–H and O–H groups in total. The Labute approximate surface area is 257 Å². The number of nitrogens with one attached hydrogen (secondary N) is 1. The van der Waals surface area contributed by atoms with Gasteiger partial charge >= 0.3 is 0 Å². The van der Waals surface area contributed by atoms with Gasteiger partial charge in [-0.2, -0.15) is 0 Å². The Morgan fingerprint density at radius 3 is 2.09 bits per heavy atom. The van der Waals surface area contributed by atoms with Crippen LogP contribution in [-0.4, -0.2) is 17.0 Å². The molecule has 1 aromatic heterocycles. The van der Waals surface area contributed by atoms with Gasteiger partial charge in [-0.05, 0) is 63.0 Å². The molecule has 0 spiro atoms. The number of thiol groups is 1. The highest BCUT2D eigenvalue weighted by atomic mass is 32.1. The number of aromatic nitrogens is 1. The third kappa shape index (κ3) is 5.18. The molecule has 208 valence electrons. The molecule has 0 fully saturated rings. The predicted molar refractivity (Wildman–Crippen MR) is 190 cm³/mol. The Kier molecular flexibility index (Phi) is 7.78. The van der Waals surface area contributed by atoms with Crippen molar-refractivity contribution in [3.63, 3.8) is 0 Å². The molecule has 1 heterocycles. The van der Waals surface area contributed by atoms with Gasteiger partial charge in [0.2, 0.25) is 0 Å². The Balaban J connectivity index is 0.000000160. The van der Waals surface area contributed by atoms with Crippen LogP contribution in [-0.2, 0) is 7.05 Å². The van der Waals surface area contributed by atoms with Gasteiger partial charge in [0.15, 0.2) is 0 Å². The largest absolute Gasteiger partial charge is 0.344 e. The topological polar surface area (TPSA) is 41.1 Å². The lowest BCUT2D eigenvalue weighted by molar-refractivity contribution is 1.01. The number of nitrogens with zero attached hydrogens (tertiary/aromatic N) is 2. The molecular weight excluding hydrogens is 543 g/mol. The zero-order valence-corrected chi connectivity index (χ0v) is 24.9. The first-order chi connectivity index (χ1) is 21.0. The molecule has 6 aromatic carbocycles. The van der Waals surface area contributed by atoms with E-state index in [4.69, 9.17) is 5.41 Å². The van der Waals surface area contributed by atoms with Gasteiger partial charge in [-0.3, -0.25) is 10.4 Å². The third-order valence-electron chi connectivity index (χ3n) is 7.96. The number of hydrogen-bond acceptors (Lipinski definition) is 3. The molecule has 0 atom stereocenters. The monoisotopic (exact) mass is 573 g/mol. The molecule has 43 heavy (non-hydrogen) atoms. The molecule has 3 nitrogen and oxygen atoms in total. The van der Waals surface area contributed by atoms with E-state index in [9.17, 15) is 0 Å². The quantitative estimate of drug-likeness (QED) is 0.117. The first-order valence-electron chi connectivity index (χ1n) is 14.0. The van der Waals surface area contributed by atoms with Crippen molar-refractivity contribution in [2.45, 2.75) is 0 Å². The molecule has 0 aliphatic carbocycles. The Morgan fingerprint density at radius 1 is 0.721 bits per heavy atom. The van der Waals surface area contributed by atoms with Crippen LogP contribution in [0.5, 0.6) is 0 Å². The summed E-state index contributed by atoms with van der Waals surface area (Å²) in [6.07, 6.45) is 0. The summed E-state index contributed by atoms with van der Waals surface area (Å²) in [5.74, 6) is 0. The molecule has 0 aliphatic rings. The van der Waals surface area contributed by atoms with Crippen LogP contribution in [0.4, 0.5) is 0 Å². The molecule has 4 heteroatoms. The molecule has 0 aliphatic heterocycles. The van der Waals surface area contributed by atoms with Crippen molar-refractivity contribution in [1.29, 1.82) is 5.41 Å². The van der Waals surface area contributed by atoms with E-state index in [2.05, 4.69) is 140 Å². The van der Waals surface area contributed by atoms with Gasteiger partial charge in [0.05, 0.1) is 11.4 Å². The average molecular weight is 574 g/mol. The maximum Gasteiger partial charge on any atom is 0.0770 e. The number of allylic oxidation sites excluding steroid dienone is 1. The molecule has 0 unspecified atom stereocenters. The number of fused-ring (bicyclic) bond motifs is 6. The minimum absolute atomic E-state index is 0.315. The number of hydrogen-bond donors (Lipinski definition) is 2. The molecule has 0 radical (unpaired) electrons. The zero-order chi connectivity index (χ0) is 29.9. The second-order valence-electron chi connectivity index (χ2n) is 10.4. The number of benzene rings is 6. The van der Waals surface area contributed by atoms with Crippen molar-refractivity contribution in [3.8, 4) is 11.1 Å². The normalized spacial score (nSPS) is 11.4. The van der Waals surface area contributed by atoms with Crippen molar-refractivity contribution < 1.29 is 0 Å². The van der Waals surface area contributed by atoms with Crippen LogP contribution in [0.2, 0.25) is 0 Å². The van der Waals surface area contributed by atoms with E-state index in [1.165, 1.54) is 48.8 Å². The summed E-state index contributed by atoms with van der Waals surface area (Å²) in [5, 5.41) is 17.7. The van der Waals surface area contributed by atoms with Crippen LogP contribution in [0, 0.1) is 5.41 Å². The van der Waals surface area contributed by atoms with Gasteiger partial charge in [-0.15, -0.1) is 12.6 Å². The first kappa shape index (κ1) is 28.0. The van der Waals surface area contributed by atoms with Crippen molar-refractivity contribution in [2.75, 3.05) is 0 Å². The first-order valence-corrected chi connectivity index (χ1v) is 14.6. The fraction of sp³-hybridized carbons (Fsp3) is 0.0256. The van der Waals surface area contributed by atoms with Crippen LogP contribution in [0.1, 0.15) is 5.56 Å². The van der Waals surface area contributed by atoms with Crippen LogP contribution < -0.4 is 0 Å². The molecule has 7 aromatic rings. The van der Waals surface area contributed by atoms with E-state index in [1.807, 2.05) is 30.3 Å². The molecular formula is C39H31N3S. The lowest BCUT2D eigenvalue weighted by atomic mass is 9.94. The summed E-state index contributed by atoms with van der Waals surface area (Å²) < 4.78 is 2.27. The second kappa shape index (κ2) is 12.0. The smallest absolute Gasteiger partial charge is 0.0770 e. The standard InChI is InChI=1S/C22H18N2S.C17H13N/c1-15(21(14-25)24-2)22(23)18-10-5-9-17(13-18)20-12-6-8-16-7-3-4-11-19(16)20;1-18-15-9-5-4-8-14(15)17-13-7-3-2-6-12(13)10-11-16(17)18/h3-14,23,25H,1-2H2;2-11H,1H3/b21-14+,23-22?;. The van der Waals surface area contributed by atoms with Gasteiger partial charge in [0, 0.05) is 40.0 Å². The van der Waals surface area contributed by atoms with Crippen molar-refractivity contribution in [1.82, 2.24) is 4.57 Å². The Morgan fingerprint density at radius 2 is 1.35 bits per heavy atom. The lowest BCUT2D eigenvalue weighted by Crippen LogP contribution is -2.04. The van der Waals surface area contributed by atoms with E-state index in [0.29, 0.717) is 17.0 Å². The summed E-state index contributed by atoms with van der Waals surface area (Å²) in [5.41, 5.74) is 6.91. The highest BCUT2D eigenvalue weighted by Gasteiger charge is 2.12. The van der Waals surface area contributed by atoms with Crippen LogP contribution in [0.25, 0.3) is 54.5 Å². The minimum atomic E-state index is 0.315. The molecule has 0 saturated heterocycles. The summed E-state index contributed by atoms with van der Waals surface area (Å²) in [4.78, 5) is 3.87. The van der Waals surface area contributed by atoms with E-state index in [1.54, 1.807) is 0 Å². The number of rotatable bonds is 5. The van der Waals surface area contributed by atoms with Gasteiger partial charge in [-0.1, -0.05) is 116 Å². The summed E-state index contributed by atoms with van der Waals surface area (Å²) >= 11 is 4.11. The maximum absolute atomic E-state index is 8.43. The van der Waals surface area contributed by atoms with E-state index in [0.717, 1.165) is 16.7 Å². The van der Waals surface area contributed by atoms with Gasteiger partial charge < -0.3 is 4.57 Å². The fourth-order valence-corrected chi connectivity index (χ4v) is 6.00. The fourth-order valence-electron chi connectivity index (χ4n) is 5.77. The number of aliphatic imine (C=N–C) groups is 1. The van der Waals surface area contributed by atoms with Gasteiger partial charge in [-0.25, -0.2) is 0 Å². The average Bonchev–Trinajstić information content (AvgIpc) is 3.37. The van der Waals surface area contributed by atoms with Gasteiger partial charge in [0.25, 0.3) is 0 Å². The summed E-state index contributed by atoms with van der Waals surface area (Å²) in [6.45, 7) is 7.45. The van der Waals surface area contributed by atoms with Crippen LogP contribution >= 0.6 is 12.6 Å². The second-order valence-corrected chi connectivity index (χ2v) is 10.6. The maximum atomic E-state index is 8.43. The molecule has 0 bridgehead atoms. The Hall–Kier alpha value is -5.19. The highest BCUT2D eigenvalue weighted by Crippen LogP contribution is 2.34. The Bertz CT molecular complexity index is 2210. The van der Waals surface area contributed by atoms with E-state index >= 15 is 0 Å². The number of para-hydroxylation sites is 1. The molecule has 7 rings (SSSR count). The van der Waals surface area contributed by atoms with E-state index < -0.39 is 0 Å². The summed E-state index contributed by atoms with van der Waals surface area (Å²) in [7, 11) is 2.14. The van der Waals surface area contributed by atoms with Crippen LogP contribution in [0.3, 0.4) is 0 Å². The third-order valence-corrected chi connectivity index (χ3v) is 8.20. The lowest BCUT2D eigenvalue weighted by Gasteiger charge is -2.11. The predicted octanol–water partition coefficient (Wildman–Crippen LogP) is 10.4.